The van der Waals surface area contributed by atoms with Crippen molar-refractivity contribution in [1.29, 1.82) is 0 Å². The van der Waals surface area contributed by atoms with Gasteiger partial charge in [-0.25, -0.2) is 0 Å². The molecule has 5 aliphatic rings. The number of aliphatic hydroxyl groups excluding tert-OH is 18. The normalized spacial score (nSPS) is 39.5. The van der Waals surface area contributed by atoms with Gasteiger partial charge in [0.15, 0.2) is 37.7 Å². The number of aliphatic hydroxyl groups is 18. The van der Waals surface area contributed by atoms with E-state index in [2.05, 4.69) is 21.3 Å². The first-order valence-electron chi connectivity index (χ1n) is 29.2. The Kier molecular flexibility index (Phi) is 31.6. The number of carbonyl (C=O) groups excluding carboxylic acids is 4. The van der Waals surface area contributed by atoms with E-state index in [1.54, 1.807) is 0 Å². The topological polar surface area (TPSA) is 601 Å². The molecule has 22 N–H and O–H groups in total. The van der Waals surface area contributed by atoms with Crippen LogP contribution in [0.5, 0.6) is 0 Å². The molecule has 5 fully saturated rings. The fourth-order valence-electron chi connectivity index (χ4n) is 10.9. The lowest BCUT2D eigenvalue weighted by Gasteiger charge is -2.49. The SMILES string of the molecule is CO[C@H](OC[C@H](O)C(CO[C@H]1OC(CO)[C@@H](O)C(O)C1O[C@@H]1OC(CO)[C@@H](O)C(O)C1NC(C)=O)O[C@H](CO)O[C@@H]1C(CO)O[C@@H](O[C@@H]2C(CO)O[C@@H](C)C(NC(C)=O)C2O)C(NC(C)=O)C1O)C(O[C@@H]1OC(CO)[C@@H](O)C(O)C1NC(C)=O)C(O)[C@H](O)CCO. The van der Waals surface area contributed by atoms with E-state index in [1.807, 2.05) is 0 Å². The zero-order valence-corrected chi connectivity index (χ0v) is 50.5. The Balaban J connectivity index is 1.52. The van der Waals surface area contributed by atoms with E-state index in [0.29, 0.717) is 0 Å². The van der Waals surface area contributed by atoms with Crippen LogP contribution >= 0.6 is 0 Å². The minimum absolute atomic E-state index is 0.529. The molecule has 39 heteroatoms. The first-order valence-corrected chi connectivity index (χ1v) is 29.2. The number of rotatable bonds is 33. The smallest absolute Gasteiger partial charge is 0.217 e. The molecule has 4 amide bonds. The zero-order chi connectivity index (χ0) is 67.9. The van der Waals surface area contributed by atoms with Crippen LogP contribution in [0.2, 0.25) is 0 Å². The number of nitrogens with one attached hydrogen (secondary N) is 4. The largest absolute Gasteiger partial charge is 0.396 e. The number of carbonyl (C=O) groups is 4. The molecule has 530 valence electrons. The quantitative estimate of drug-likeness (QED) is 0.0271. The van der Waals surface area contributed by atoms with Gasteiger partial charge in [0.2, 0.25) is 23.6 Å². The van der Waals surface area contributed by atoms with Crippen LogP contribution in [0.15, 0.2) is 0 Å². The Hall–Kier alpha value is -3.36. The van der Waals surface area contributed by atoms with Crippen molar-refractivity contribution in [1.82, 2.24) is 21.3 Å². The predicted octanol–water partition coefficient (Wildman–Crippen LogP) is -13.7. The van der Waals surface area contributed by atoms with Crippen molar-refractivity contribution in [3.8, 4) is 0 Å². The molecule has 91 heavy (non-hydrogen) atoms. The summed E-state index contributed by atoms with van der Waals surface area (Å²) < 4.78 is 76.5. The highest BCUT2D eigenvalue weighted by Crippen LogP contribution is 2.34. The van der Waals surface area contributed by atoms with Crippen molar-refractivity contribution in [3.63, 3.8) is 0 Å². The molecule has 0 saturated carbocycles. The molecule has 5 saturated heterocycles. The summed E-state index contributed by atoms with van der Waals surface area (Å²) in [6, 6.07) is -6.18. The van der Waals surface area contributed by atoms with Crippen molar-refractivity contribution in [3.05, 3.63) is 0 Å². The Morgan fingerprint density at radius 3 is 1.38 bits per heavy atom. The molecule has 5 rings (SSSR count). The highest BCUT2D eigenvalue weighted by Gasteiger charge is 2.55. The third-order valence-corrected chi connectivity index (χ3v) is 15.7. The van der Waals surface area contributed by atoms with Gasteiger partial charge < -0.3 is 175 Å². The van der Waals surface area contributed by atoms with Gasteiger partial charge in [-0.05, 0) is 13.3 Å². The van der Waals surface area contributed by atoms with E-state index in [-0.39, 0.29) is 0 Å². The fraction of sp³-hybridized carbons (Fsp3) is 0.923. The van der Waals surface area contributed by atoms with E-state index < -0.39 is 286 Å². The van der Waals surface area contributed by atoms with E-state index in [1.165, 1.54) is 13.8 Å². The molecule has 0 radical (unpaired) electrons. The van der Waals surface area contributed by atoms with Crippen molar-refractivity contribution in [2.45, 2.75) is 237 Å². The molecule has 0 aliphatic carbocycles. The lowest BCUT2D eigenvalue weighted by Crippen LogP contribution is -2.69. The van der Waals surface area contributed by atoms with E-state index in [0.717, 1.165) is 27.9 Å². The number of amides is 4. The van der Waals surface area contributed by atoms with Crippen LogP contribution in [0, 0.1) is 0 Å². The summed E-state index contributed by atoms with van der Waals surface area (Å²) >= 11 is 0. The van der Waals surface area contributed by atoms with Gasteiger partial charge in [0.05, 0.1) is 71.1 Å². The average Bonchev–Trinajstić information content (AvgIpc) is 0.906. The standard InChI is InChI=1S/C52H92N4O35/c1-17-31(53-18(2)64)41(76)45(27(12-61)82-17)89-50-34(56-21(5)67)42(77)44(28(13-62)87-50)88-30(14-63)83-29(16-81-52-47(43(78)38(73)26(11-60)86-52)91-49-33(55-20(4)66)40(75)37(72)25(10-59)85-49)23(69)15-80-51(79-6)46(35(70)22(68)7-8-57)90-48-32(54-19(3)65)39(74)36(71)24(9-58)84-48/h17,22-52,57-63,68-78H,7-16H2,1-6H3,(H,53,64)(H,54,65)(H,55,66)(H,56,67)/t17-,22+,23-,24?,25?,26?,27?,28?,29?,30-,31?,32?,33?,34?,35?,36+,37+,38+,39?,40?,41?,42?,43?,44+,45+,46?,47?,48-,49-,50-,51+,52-/m0/s1. The molecule has 0 bridgehead atoms. The number of hydrogen-bond donors (Lipinski definition) is 22. The molecule has 0 aromatic rings. The summed E-state index contributed by atoms with van der Waals surface area (Å²) in [5, 5.41) is 206. The van der Waals surface area contributed by atoms with E-state index in [4.69, 9.17) is 61.6 Å². The van der Waals surface area contributed by atoms with Crippen LogP contribution in [0.4, 0.5) is 0 Å². The van der Waals surface area contributed by atoms with E-state index in [9.17, 15) is 111 Å². The highest BCUT2D eigenvalue weighted by atomic mass is 16.8. The second-order valence-electron chi connectivity index (χ2n) is 22.4. The van der Waals surface area contributed by atoms with Gasteiger partial charge in [-0.3, -0.25) is 19.2 Å². The van der Waals surface area contributed by atoms with Gasteiger partial charge in [-0.2, -0.15) is 0 Å². The predicted molar refractivity (Wildman–Crippen MR) is 291 cm³/mol. The lowest BCUT2D eigenvalue weighted by molar-refractivity contribution is -0.361. The van der Waals surface area contributed by atoms with Gasteiger partial charge in [0.1, 0.15) is 140 Å². The third-order valence-electron chi connectivity index (χ3n) is 15.7. The highest BCUT2D eigenvalue weighted by molar-refractivity contribution is 5.74. The Bertz CT molecular complexity index is 2210. The summed E-state index contributed by atoms with van der Waals surface area (Å²) in [4.78, 5) is 49.4. The van der Waals surface area contributed by atoms with Crippen molar-refractivity contribution in [2.75, 3.05) is 66.6 Å². The monoisotopic (exact) mass is 1330 g/mol. The Labute approximate surface area is 520 Å². The van der Waals surface area contributed by atoms with Crippen molar-refractivity contribution >= 4 is 23.6 Å². The van der Waals surface area contributed by atoms with Crippen LogP contribution in [-0.2, 0) is 80.8 Å². The number of methoxy groups -OCH3 is 1. The van der Waals surface area contributed by atoms with Crippen molar-refractivity contribution in [2.24, 2.45) is 0 Å². The maximum absolute atomic E-state index is 12.7. The van der Waals surface area contributed by atoms with Gasteiger partial charge in [0, 0.05) is 41.4 Å². The van der Waals surface area contributed by atoms with Crippen LogP contribution in [0.1, 0.15) is 41.0 Å². The van der Waals surface area contributed by atoms with E-state index >= 15 is 0 Å². The Morgan fingerprint density at radius 1 is 0.473 bits per heavy atom. The minimum Gasteiger partial charge on any atom is -0.396 e. The molecule has 0 aromatic heterocycles. The second kappa shape index (κ2) is 36.7. The maximum Gasteiger partial charge on any atom is 0.217 e. The molecular formula is C52H92N4O35. The Morgan fingerprint density at radius 2 is 0.901 bits per heavy atom. The molecule has 0 spiro atoms. The zero-order valence-electron chi connectivity index (χ0n) is 50.5. The summed E-state index contributed by atoms with van der Waals surface area (Å²) in [5.74, 6) is -3.00. The maximum atomic E-state index is 12.7. The minimum atomic E-state index is -2.19. The summed E-state index contributed by atoms with van der Waals surface area (Å²) in [6.45, 7) is -3.09. The molecular weight excluding hydrogens is 1240 g/mol. The summed E-state index contributed by atoms with van der Waals surface area (Å²) in [6.07, 6.45) is -52.3. The molecule has 18 unspecified atom stereocenters. The van der Waals surface area contributed by atoms with Gasteiger partial charge in [0.25, 0.3) is 0 Å². The summed E-state index contributed by atoms with van der Waals surface area (Å²) in [5.41, 5.74) is 0. The fourth-order valence-corrected chi connectivity index (χ4v) is 10.9. The molecule has 5 heterocycles. The molecule has 5 aliphatic heterocycles. The summed E-state index contributed by atoms with van der Waals surface area (Å²) in [7, 11) is 0.971. The van der Waals surface area contributed by atoms with Gasteiger partial charge in [-0.1, -0.05) is 0 Å². The van der Waals surface area contributed by atoms with Crippen LogP contribution < -0.4 is 21.3 Å². The molecule has 0 aromatic carbocycles. The second-order valence-corrected chi connectivity index (χ2v) is 22.4. The molecule has 39 nitrogen and oxygen atoms in total. The van der Waals surface area contributed by atoms with Crippen LogP contribution in [-0.4, -0.2) is 378 Å². The molecule has 32 atom stereocenters. The first-order chi connectivity index (χ1) is 43.0. The number of hydrogen-bond acceptors (Lipinski definition) is 35. The average molecular weight is 1330 g/mol. The third kappa shape index (κ3) is 20.1. The number of ether oxygens (including phenoxy) is 13. The first kappa shape index (κ1) is 78.3. The van der Waals surface area contributed by atoms with Crippen LogP contribution in [0.25, 0.3) is 0 Å². The lowest BCUT2D eigenvalue weighted by atomic mass is 9.92. The van der Waals surface area contributed by atoms with Gasteiger partial charge in [-0.15, -0.1) is 0 Å². The van der Waals surface area contributed by atoms with Crippen LogP contribution in [0.3, 0.4) is 0 Å². The van der Waals surface area contributed by atoms with Gasteiger partial charge >= 0.3 is 0 Å². The van der Waals surface area contributed by atoms with Crippen molar-refractivity contribution < 1.29 is 173 Å².